The summed E-state index contributed by atoms with van der Waals surface area (Å²) in [6.45, 7) is 4.46. The molecule has 3 amide bonds. The molecule has 6 heteroatoms. The van der Waals surface area contributed by atoms with Crippen LogP contribution in [-0.2, 0) is 16.1 Å². The van der Waals surface area contributed by atoms with Crippen molar-refractivity contribution in [1.29, 1.82) is 0 Å². The van der Waals surface area contributed by atoms with Crippen molar-refractivity contribution in [3.8, 4) is 0 Å². The van der Waals surface area contributed by atoms with Crippen LogP contribution in [0.2, 0.25) is 0 Å². The average molecular weight is 367 g/mol. The van der Waals surface area contributed by atoms with Crippen LogP contribution in [0.3, 0.4) is 0 Å². The van der Waals surface area contributed by atoms with E-state index in [0.29, 0.717) is 12.1 Å². The smallest absolute Gasteiger partial charge is 0.251 e. The molecule has 0 saturated carbocycles. The van der Waals surface area contributed by atoms with Gasteiger partial charge >= 0.3 is 0 Å². The summed E-state index contributed by atoms with van der Waals surface area (Å²) in [5.41, 5.74) is 3.67. The van der Waals surface area contributed by atoms with E-state index in [2.05, 4.69) is 16.0 Å². The zero-order valence-electron chi connectivity index (χ0n) is 15.7. The first-order chi connectivity index (χ1) is 13.0. The summed E-state index contributed by atoms with van der Waals surface area (Å²) < 4.78 is 0. The van der Waals surface area contributed by atoms with Gasteiger partial charge in [-0.2, -0.15) is 0 Å². The summed E-state index contributed by atoms with van der Waals surface area (Å²) in [4.78, 5) is 35.6. The normalized spacial score (nSPS) is 10.1. The number of amides is 3. The van der Waals surface area contributed by atoms with E-state index in [1.807, 2.05) is 50.2 Å². The van der Waals surface area contributed by atoms with Gasteiger partial charge in [-0.25, -0.2) is 0 Å². The Balaban J connectivity index is 1.63. The van der Waals surface area contributed by atoms with Gasteiger partial charge in [0.15, 0.2) is 0 Å². The van der Waals surface area contributed by atoms with E-state index in [1.165, 1.54) is 0 Å². The molecule has 0 aromatic heterocycles. The maximum absolute atomic E-state index is 12.1. The molecule has 2 aromatic carbocycles. The second-order valence-electron chi connectivity index (χ2n) is 6.34. The molecular weight excluding hydrogens is 342 g/mol. The van der Waals surface area contributed by atoms with E-state index in [0.717, 1.165) is 16.7 Å². The van der Waals surface area contributed by atoms with Gasteiger partial charge in [-0.3, -0.25) is 14.4 Å². The van der Waals surface area contributed by atoms with Gasteiger partial charge in [-0.1, -0.05) is 36.4 Å². The number of benzene rings is 2. The number of carbonyl (C=O) groups excluding carboxylic acids is 3. The number of hydrogen-bond acceptors (Lipinski definition) is 3. The average Bonchev–Trinajstić information content (AvgIpc) is 2.67. The molecule has 0 aliphatic carbocycles. The van der Waals surface area contributed by atoms with Crippen LogP contribution in [0.5, 0.6) is 0 Å². The predicted molar refractivity (Wildman–Crippen MR) is 104 cm³/mol. The molecule has 3 N–H and O–H groups in total. The second kappa shape index (κ2) is 10.1. The summed E-state index contributed by atoms with van der Waals surface area (Å²) in [6.07, 6.45) is 0.184. The molecule has 0 unspecified atom stereocenters. The molecule has 0 spiro atoms. The third kappa shape index (κ3) is 6.93. The molecule has 27 heavy (non-hydrogen) atoms. The highest BCUT2D eigenvalue weighted by Crippen LogP contribution is 2.09. The van der Waals surface area contributed by atoms with E-state index < -0.39 is 0 Å². The maximum Gasteiger partial charge on any atom is 0.251 e. The van der Waals surface area contributed by atoms with Crippen molar-refractivity contribution in [2.24, 2.45) is 0 Å². The fourth-order valence-corrected chi connectivity index (χ4v) is 2.41. The van der Waals surface area contributed by atoms with E-state index in [-0.39, 0.29) is 37.2 Å². The highest BCUT2D eigenvalue weighted by molar-refractivity contribution is 5.96. The van der Waals surface area contributed by atoms with Crippen molar-refractivity contribution in [3.05, 3.63) is 70.8 Å². The molecule has 0 aliphatic heterocycles. The van der Waals surface area contributed by atoms with Gasteiger partial charge in [0.25, 0.3) is 5.91 Å². The summed E-state index contributed by atoms with van der Waals surface area (Å²) in [7, 11) is 0. The Hall–Kier alpha value is -3.15. The summed E-state index contributed by atoms with van der Waals surface area (Å²) in [6, 6.07) is 15.0. The van der Waals surface area contributed by atoms with Crippen molar-refractivity contribution >= 4 is 17.7 Å². The molecule has 0 aliphatic rings. The second-order valence-corrected chi connectivity index (χ2v) is 6.34. The fourth-order valence-electron chi connectivity index (χ4n) is 2.41. The van der Waals surface area contributed by atoms with Crippen LogP contribution in [0, 0.1) is 13.8 Å². The van der Waals surface area contributed by atoms with E-state index >= 15 is 0 Å². The Labute approximate surface area is 159 Å². The Bertz CT molecular complexity index is 804. The van der Waals surface area contributed by atoms with Crippen LogP contribution >= 0.6 is 0 Å². The lowest BCUT2D eigenvalue weighted by atomic mass is 10.1. The Morgan fingerprint density at radius 1 is 0.815 bits per heavy atom. The first-order valence-corrected chi connectivity index (χ1v) is 8.88. The van der Waals surface area contributed by atoms with Gasteiger partial charge in [-0.15, -0.1) is 0 Å². The van der Waals surface area contributed by atoms with Crippen LogP contribution in [0.25, 0.3) is 0 Å². The first kappa shape index (κ1) is 20.2. The van der Waals surface area contributed by atoms with Crippen LogP contribution in [0.4, 0.5) is 0 Å². The molecule has 0 fully saturated rings. The highest BCUT2D eigenvalue weighted by Gasteiger charge is 2.09. The lowest BCUT2D eigenvalue weighted by molar-refractivity contribution is -0.122. The predicted octanol–water partition coefficient (Wildman–Crippen LogP) is 1.86. The largest absolute Gasteiger partial charge is 0.354 e. The number of nitrogens with one attached hydrogen (secondary N) is 3. The molecular formula is C21H25N3O3. The van der Waals surface area contributed by atoms with E-state index in [9.17, 15) is 14.4 Å². The van der Waals surface area contributed by atoms with Crippen LogP contribution in [0.1, 0.15) is 33.5 Å². The number of carbonyl (C=O) groups is 3. The zero-order chi connectivity index (χ0) is 19.6. The van der Waals surface area contributed by atoms with Gasteiger partial charge in [0, 0.05) is 25.1 Å². The molecule has 0 heterocycles. The van der Waals surface area contributed by atoms with Gasteiger partial charge in [0.2, 0.25) is 11.8 Å². The minimum Gasteiger partial charge on any atom is -0.354 e. The number of rotatable bonds is 8. The Kier molecular flexibility index (Phi) is 7.55. The zero-order valence-corrected chi connectivity index (χ0v) is 15.7. The lowest BCUT2D eigenvalue weighted by Gasteiger charge is -2.09. The Morgan fingerprint density at radius 3 is 2.26 bits per heavy atom. The number of aryl methyl sites for hydroxylation is 2. The van der Waals surface area contributed by atoms with Crippen LogP contribution in [0.15, 0.2) is 48.5 Å². The standard InChI is InChI=1S/C21H25N3O3/c1-15-8-9-18(12-16(15)2)21(27)24-14-20(26)22-11-10-19(25)23-13-17-6-4-3-5-7-17/h3-9,12H,10-11,13-14H2,1-2H3,(H,22,26)(H,23,25)(H,24,27). The van der Waals surface area contributed by atoms with E-state index in [4.69, 9.17) is 0 Å². The third-order valence-electron chi connectivity index (χ3n) is 4.19. The molecule has 2 rings (SSSR count). The minimum absolute atomic E-state index is 0.128. The molecule has 0 atom stereocenters. The van der Waals surface area contributed by atoms with Crippen LogP contribution in [-0.4, -0.2) is 30.8 Å². The van der Waals surface area contributed by atoms with Crippen LogP contribution < -0.4 is 16.0 Å². The van der Waals surface area contributed by atoms with Gasteiger partial charge in [-0.05, 0) is 42.7 Å². The topological polar surface area (TPSA) is 87.3 Å². The van der Waals surface area contributed by atoms with Gasteiger partial charge in [0.1, 0.15) is 0 Å². The number of hydrogen-bond donors (Lipinski definition) is 3. The molecule has 2 aromatic rings. The molecule has 0 saturated heterocycles. The van der Waals surface area contributed by atoms with E-state index in [1.54, 1.807) is 12.1 Å². The van der Waals surface area contributed by atoms with Crippen molar-refractivity contribution in [2.45, 2.75) is 26.8 Å². The van der Waals surface area contributed by atoms with Crippen molar-refractivity contribution in [3.63, 3.8) is 0 Å². The van der Waals surface area contributed by atoms with Crippen molar-refractivity contribution < 1.29 is 14.4 Å². The van der Waals surface area contributed by atoms with Crippen molar-refractivity contribution in [1.82, 2.24) is 16.0 Å². The maximum atomic E-state index is 12.1. The van der Waals surface area contributed by atoms with Gasteiger partial charge < -0.3 is 16.0 Å². The molecule has 142 valence electrons. The summed E-state index contributed by atoms with van der Waals surface area (Å²) in [5, 5.41) is 8.00. The molecule has 6 nitrogen and oxygen atoms in total. The highest BCUT2D eigenvalue weighted by atomic mass is 16.2. The monoisotopic (exact) mass is 367 g/mol. The quantitative estimate of drug-likeness (QED) is 0.665. The molecule has 0 radical (unpaired) electrons. The van der Waals surface area contributed by atoms with Crippen molar-refractivity contribution in [2.75, 3.05) is 13.1 Å². The van der Waals surface area contributed by atoms with Gasteiger partial charge in [0.05, 0.1) is 6.54 Å². The fraction of sp³-hybridized carbons (Fsp3) is 0.286. The lowest BCUT2D eigenvalue weighted by Crippen LogP contribution is -2.38. The minimum atomic E-state index is -0.331. The third-order valence-corrected chi connectivity index (χ3v) is 4.19. The first-order valence-electron chi connectivity index (χ1n) is 8.88. The summed E-state index contributed by atoms with van der Waals surface area (Å²) in [5.74, 6) is -0.768. The SMILES string of the molecule is Cc1ccc(C(=O)NCC(=O)NCCC(=O)NCc2ccccc2)cc1C. The summed E-state index contributed by atoms with van der Waals surface area (Å²) >= 11 is 0. The Morgan fingerprint density at radius 2 is 1.56 bits per heavy atom. The molecule has 0 bridgehead atoms.